The van der Waals surface area contributed by atoms with Gasteiger partial charge in [-0.2, -0.15) is 0 Å². The number of rotatable bonds is 9. The fourth-order valence-corrected chi connectivity index (χ4v) is 2.72. The number of anilines is 1. The molecule has 3 N–H and O–H groups in total. The number of aryl methyl sites for hydroxylation is 3. The van der Waals surface area contributed by atoms with Crippen molar-refractivity contribution in [3.05, 3.63) is 28.8 Å². The summed E-state index contributed by atoms with van der Waals surface area (Å²) in [5.41, 5.74) is 3.81. The van der Waals surface area contributed by atoms with Crippen molar-refractivity contribution in [2.24, 2.45) is 0 Å². The summed E-state index contributed by atoms with van der Waals surface area (Å²) in [5.74, 6) is -1.67. The van der Waals surface area contributed by atoms with E-state index < -0.39 is 5.97 Å². The van der Waals surface area contributed by atoms with E-state index in [1.54, 1.807) is 0 Å². The standard InChI is InChI=1S/C18H27N3O4/c1-5-6-21(11-17(24)25)10-16(23)19-9-15(22)20-18-13(3)7-12(2)8-14(18)4/h7-8H,5-6,9-11H2,1-4H3,(H,19,23)(H,20,22)(H,24,25). The van der Waals surface area contributed by atoms with Crippen LogP contribution in [0.4, 0.5) is 5.69 Å². The molecule has 0 bridgehead atoms. The van der Waals surface area contributed by atoms with E-state index in [0.717, 1.165) is 28.8 Å². The maximum absolute atomic E-state index is 12.1. The Balaban J connectivity index is 2.53. The van der Waals surface area contributed by atoms with Crippen molar-refractivity contribution < 1.29 is 19.5 Å². The Bertz CT molecular complexity index is 620. The number of hydrogen-bond donors (Lipinski definition) is 3. The van der Waals surface area contributed by atoms with Gasteiger partial charge in [-0.15, -0.1) is 0 Å². The Morgan fingerprint density at radius 2 is 1.64 bits per heavy atom. The number of nitrogens with one attached hydrogen (secondary N) is 2. The van der Waals surface area contributed by atoms with Crippen LogP contribution in [0.15, 0.2) is 12.1 Å². The molecule has 1 aromatic rings. The zero-order valence-electron chi connectivity index (χ0n) is 15.3. The van der Waals surface area contributed by atoms with Crippen LogP contribution in [0.3, 0.4) is 0 Å². The first-order valence-corrected chi connectivity index (χ1v) is 8.31. The third-order valence-electron chi connectivity index (χ3n) is 3.65. The Morgan fingerprint density at radius 1 is 1.04 bits per heavy atom. The lowest BCUT2D eigenvalue weighted by Gasteiger charge is -2.18. The number of nitrogens with zero attached hydrogens (tertiary/aromatic N) is 1. The van der Waals surface area contributed by atoms with Crippen LogP contribution in [0.5, 0.6) is 0 Å². The summed E-state index contributed by atoms with van der Waals surface area (Å²) in [6.07, 6.45) is 0.743. The van der Waals surface area contributed by atoms with Crippen LogP contribution in [0.25, 0.3) is 0 Å². The second-order valence-electron chi connectivity index (χ2n) is 6.20. The number of hydrogen-bond acceptors (Lipinski definition) is 4. The highest BCUT2D eigenvalue weighted by Gasteiger charge is 2.14. The number of aliphatic carboxylic acids is 1. The molecule has 0 atom stereocenters. The molecule has 1 rings (SSSR count). The minimum atomic E-state index is -0.982. The molecule has 0 aromatic heterocycles. The van der Waals surface area contributed by atoms with Gasteiger partial charge in [0.2, 0.25) is 11.8 Å². The monoisotopic (exact) mass is 349 g/mol. The summed E-state index contributed by atoms with van der Waals surface area (Å²) in [6, 6.07) is 3.96. The van der Waals surface area contributed by atoms with Crippen molar-refractivity contribution in [3.8, 4) is 0 Å². The largest absolute Gasteiger partial charge is 0.480 e. The highest BCUT2D eigenvalue weighted by molar-refractivity contribution is 5.96. The van der Waals surface area contributed by atoms with E-state index >= 15 is 0 Å². The van der Waals surface area contributed by atoms with Crippen molar-refractivity contribution in [2.45, 2.75) is 34.1 Å². The highest BCUT2D eigenvalue weighted by atomic mass is 16.4. The molecule has 138 valence electrons. The topological polar surface area (TPSA) is 98.7 Å². The van der Waals surface area contributed by atoms with Crippen molar-refractivity contribution in [1.29, 1.82) is 0 Å². The molecule has 7 nitrogen and oxygen atoms in total. The quantitative estimate of drug-likeness (QED) is 0.627. The predicted molar refractivity (Wildman–Crippen MR) is 96.7 cm³/mol. The fourth-order valence-electron chi connectivity index (χ4n) is 2.72. The maximum atomic E-state index is 12.1. The molecular formula is C18H27N3O4. The first kappa shape index (κ1) is 20.6. The van der Waals surface area contributed by atoms with Gasteiger partial charge in [-0.05, 0) is 44.9 Å². The van der Waals surface area contributed by atoms with Crippen LogP contribution < -0.4 is 10.6 Å². The molecule has 2 amide bonds. The van der Waals surface area contributed by atoms with Gasteiger partial charge in [-0.25, -0.2) is 0 Å². The molecule has 0 radical (unpaired) electrons. The van der Waals surface area contributed by atoms with Gasteiger partial charge in [0.05, 0.1) is 19.6 Å². The van der Waals surface area contributed by atoms with Crippen LogP contribution >= 0.6 is 0 Å². The molecule has 0 aliphatic heterocycles. The molecule has 0 unspecified atom stereocenters. The number of amides is 2. The lowest BCUT2D eigenvalue weighted by atomic mass is 10.1. The summed E-state index contributed by atoms with van der Waals surface area (Å²) in [6.45, 7) is 7.85. The Morgan fingerprint density at radius 3 is 2.16 bits per heavy atom. The second kappa shape index (κ2) is 9.78. The number of carbonyl (C=O) groups is 3. The van der Waals surface area contributed by atoms with Crippen LogP contribution in [0, 0.1) is 20.8 Å². The first-order valence-electron chi connectivity index (χ1n) is 8.31. The molecule has 0 heterocycles. The lowest BCUT2D eigenvalue weighted by Crippen LogP contribution is -2.42. The number of carboxylic acid groups (broad SMARTS) is 1. The average Bonchev–Trinajstić information content (AvgIpc) is 2.48. The van der Waals surface area contributed by atoms with Gasteiger partial charge >= 0.3 is 5.97 Å². The number of benzene rings is 1. The van der Waals surface area contributed by atoms with Crippen molar-refractivity contribution in [2.75, 3.05) is 31.5 Å². The van der Waals surface area contributed by atoms with Gasteiger partial charge in [0.1, 0.15) is 0 Å². The van der Waals surface area contributed by atoms with Gasteiger partial charge in [-0.1, -0.05) is 24.6 Å². The van der Waals surface area contributed by atoms with Crippen molar-refractivity contribution in [1.82, 2.24) is 10.2 Å². The molecule has 0 aliphatic carbocycles. The number of carboxylic acids is 1. The Labute approximate surface area is 148 Å². The summed E-state index contributed by atoms with van der Waals surface area (Å²) in [4.78, 5) is 36.3. The van der Waals surface area contributed by atoms with Gasteiger partial charge < -0.3 is 15.7 Å². The van der Waals surface area contributed by atoms with E-state index in [2.05, 4.69) is 10.6 Å². The Hall–Kier alpha value is -2.41. The molecule has 0 aliphatic rings. The molecule has 1 aromatic carbocycles. The minimum Gasteiger partial charge on any atom is -0.480 e. The van der Waals surface area contributed by atoms with E-state index in [9.17, 15) is 14.4 Å². The Kier molecular flexibility index (Phi) is 8.07. The first-order chi connectivity index (χ1) is 11.7. The average molecular weight is 349 g/mol. The zero-order chi connectivity index (χ0) is 19.0. The van der Waals surface area contributed by atoms with Crippen LogP contribution in [-0.4, -0.2) is 54.0 Å². The molecular weight excluding hydrogens is 322 g/mol. The molecule has 0 saturated heterocycles. The zero-order valence-corrected chi connectivity index (χ0v) is 15.3. The second-order valence-corrected chi connectivity index (χ2v) is 6.20. The molecule has 0 spiro atoms. The van der Waals surface area contributed by atoms with Gasteiger partial charge in [0, 0.05) is 5.69 Å². The number of carbonyl (C=O) groups excluding carboxylic acids is 2. The maximum Gasteiger partial charge on any atom is 0.317 e. The predicted octanol–water partition coefficient (Wildman–Crippen LogP) is 1.46. The molecule has 0 saturated carbocycles. The third-order valence-corrected chi connectivity index (χ3v) is 3.65. The van der Waals surface area contributed by atoms with E-state index in [1.165, 1.54) is 4.90 Å². The van der Waals surface area contributed by atoms with Gasteiger partial charge in [0.25, 0.3) is 0 Å². The SMILES string of the molecule is CCCN(CC(=O)O)CC(=O)NCC(=O)Nc1c(C)cc(C)cc1C. The van der Waals surface area contributed by atoms with E-state index in [1.807, 2.05) is 39.8 Å². The van der Waals surface area contributed by atoms with Crippen LogP contribution in [0.2, 0.25) is 0 Å². The van der Waals surface area contributed by atoms with Crippen molar-refractivity contribution >= 4 is 23.5 Å². The minimum absolute atomic E-state index is 0.0456. The summed E-state index contributed by atoms with van der Waals surface area (Å²) >= 11 is 0. The van der Waals surface area contributed by atoms with Gasteiger partial charge in [-0.3, -0.25) is 19.3 Å². The molecule has 7 heteroatoms. The van der Waals surface area contributed by atoms with E-state index in [4.69, 9.17) is 5.11 Å². The summed E-state index contributed by atoms with van der Waals surface area (Å²) < 4.78 is 0. The summed E-state index contributed by atoms with van der Waals surface area (Å²) in [7, 11) is 0. The van der Waals surface area contributed by atoms with Crippen molar-refractivity contribution in [3.63, 3.8) is 0 Å². The molecule has 0 fully saturated rings. The lowest BCUT2D eigenvalue weighted by molar-refractivity contribution is -0.138. The molecule has 25 heavy (non-hydrogen) atoms. The normalized spacial score (nSPS) is 10.6. The van der Waals surface area contributed by atoms with Crippen LogP contribution in [-0.2, 0) is 14.4 Å². The van der Waals surface area contributed by atoms with E-state index in [0.29, 0.717) is 6.54 Å². The fraction of sp³-hybridized carbons (Fsp3) is 0.500. The smallest absolute Gasteiger partial charge is 0.317 e. The summed E-state index contributed by atoms with van der Waals surface area (Å²) in [5, 5.41) is 14.2. The van der Waals surface area contributed by atoms with E-state index in [-0.39, 0.29) is 31.4 Å². The van der Waals surface area contributed by atoms with Gasteiger partial charge in [0.15, 0.2) is 0 Å². The van der Waals surface area contributed by atoms with Crippen LogP contribution in [0.1, 0.15) is 30.0 Å². The highest BCUT2D eigenvalue weighted by Crippen LogP contribution is 2.21. The third kappa shape index (κ3) is 7.34.